The van der Waals surface area contributed by atoms with Gasteiger partial charge in [-0.2, -0.15) is 10.2 Å². The zero-order valence-corrected chi connectivity index (χ0v) is 19.3. The number of amides is 1. The topological polar surface area (TPSA) is 133 Å². The Morgan fingerprint density at radius 1 is 1.00 bits per heavy atom. The van der Waals surface area contributed by atoms with E-state index in [1.54, 1.807) is 48.5 Å². The lowest BCUT2D eigenvalue weighted by Crippen LogP contribution is -2.29. The molecule has 0 bridgehead atoms. The normalized spacial score (nSPS) is 11.1. The number of rotatable bonds is 7. The molecule has 0 spiro atoms. The summed E-state index contributed by atoms with van der Waals surface area (Å²) in [5.74, 6) is 0.144. The molecule has 182 valence electrons. The molecule has 3 aromatic carbocycles. The van der Waals surface area contributed by atoms with Crippen LogP contribution in [0.15, 0.2) is 105 Å². The van der Waals surface area contributed by atoms with E-state index in [4.69, 9.17) is 4.42 Å². The lowest BCUT2D eigenvalue weighted by Gasteiger charge is -2.10. The van der Waals surface area contributed by atoms with E-state index in [1.165, 1.54) is 23.0 Å². The Labute approximate surface area is 209 Å². The van der Waals surface area contributed by atoms with Crippen molar-refractivity contribution in [2.45, 2.75) is 6.54 Å². The maximum atomic E-state index is 13.0. The van der Waals surface area contributed by atoms with Crippen molar-refractivity contribution in [2.24, 2.45) is 5.10 Å². The van der Waals surface area contributed by atoms with E-state index in [0.717, 1.165) is 5.56 Å². The van der Waals surface area contributed by atoms with Gasteiger partial charge in [-0.15, -0.1) is 0 Å². The third-order valence-electron chi connectivity index (χ3n) is 5.58. The van der Waals surface area contributed by atoms with E-state index in [0.29, 0.717) is 27.9 Å². The van der Waals surface area contributed by atoms with Crippen LogP contribution in [-0.4, -0.2) is 26.8 Å². The number of nitro benzene ring substituents is 1. The summed E-state index contributed by atoms with van der Waals surface area (Å²) in [6.07, 6.45) is 1.31. The second-order valence-corrected chi connectivity index (χ2v) is 8.05. The van der Waals surface area contributed by atoms with Gasteiger partial charge in [0.05, 0.1) is 23.1 Å². The first-order chi connectivity index (χ1) is 18.0. The van der Waals surface area contributed by atoms with Crippen LogP contribution >= 0.6 is 0 Å². The average molecular weight is 493 g/mol. The van der Waals surface area contributed by atoms with E-state index < -0.39 is 10.8 Å². The molecule has 0 atom stereocenters. The summed E-state index contributed by atoms with van der Waals surface area (Å²) >= 11 is 0. The number of fused-ring (bicyclic) bond motifs is 1. The van der Waals surface area contributed by atoms with Gasteiger partial charge in [0, 0.05) is 23.1 Å². The first-order valence-corrected chi connectivity index (χ1v) is 11.2. The second-order valence-electron chi connectivity index (χ2n) is 8.05. The maximum Gasteiger partial charge on any atom is 0.292 e. The second kappa shape index (κ2) is 10.1. The Morgan fingerprint density at radius 2 is 1.76 bits per heavy atom. The summed E-state index contributed by atoms with van der Waals surface area (Å²) < 4.78 is 6.94. The molecular formula is C27H19N5O5. The number of nitrogens with zero attached hydrogens (tertiary/aromatic N) is 4. The molecule has 0 aliphatic rings. The Morgan fingerprint density at radius 3 is 2.54 bits per heavy atom. The van der Waals surface area contributed by atoms with Crippen molar-refractivity contribution in [3.8, 4) is 11.3 Å². The Hall–Kier alpha value is -5.38. The third-order valence-corrected chi connectivity index (χ3v) is 5.58. The number of carbonyl (C=O) groups excluding carboxylic acids is 1. The fraction of sp³-hybridized carbons (Fsp3) is 0.0370. The van der Waals surface area contributed by atoms with Gasteiger partial charge < -0.3 is 4.42 Å². The summed E-state index contributed by atoms with van der Waals surface area (Å²) in [5, 5.41) is 20.1. The number of hydrazone groups is 1. The van der Waals surface area contributed by atoms with Crippen molar-refractivity contribution in [3.05, 3.63) is 128 Å². The molecule has 2 heterocycles. The molecule has 2 aromatic heterocycles. The van der Waals surface area contributed by atoms with Gasteiger partial charge in [0.15, 0.2) is 5.69 Å². The van der Waals surface area contributed by atoms with E-state index in [1.807, 2.05) is 30.3 Å². The summed E-state index contributed by atoms with van der Waals surface area (Å²) in [5.41, 5.74) is 3.53. The van der Waals surface area contributed by atoms with Gasteiger partial charge in [-0.3, -0.25) is 19.7 Å². The third kappa shape index (κ3) is 5.03. The quantitative estimate of drug-likeness (QED) is 0.203. The van der Waals surface area contributed by atoms with Gasteiger partial charge in [0.2, 0.25) is 0 Å². The minimum absolute atomic E-state index is 0.0512. The van der Waals surface area contributed by atoms with Crippen LogP contribution in [0.4, 0.5) is 5.69 Å². The summed E-state index contributed by atoms with van der Waals surface area (Å²) in [6, 6.07) is 25.4. The molecule has 0 saturated carbocycles. The molecule has 0 aliphatic heterocycles. The van der Waals surface area contributed by atoms with Crippen LogP contribution in [0.25, 0.3) is 22.1 Å². The number of hydrogen-bond donors (Lipinski definition) is 1. The molecule has 0 fully saturated rings. The number of carbonyl (C=O) groups is 1. The number of nitro groups is 1. The summed E-state index contributed by atoms with van der Waals surface area (Å²) in [6.45, 7) is 0.209. The fourth-order valence-corrected chi connectivity index (χ4v) is 3.82. The van der Waals surface area contributed by atoms with Gasteiger partial charge >= 0.3 is 0 Å². The lowest BCUT2D eigenvalue weighted by atomic mass is 10.1. The predicted molar refractivity (Wildman–Crippen MR) is 137 cm³/mol. The van der Waals surface area contributed by atoms with E-state index in [9.17, 15) is 19.7 Å². The van der Waals surface area contributed by atoms with Crippen LogP contribution in [0.5, 0.6) is 0 Å². The Bertz CT molecular complexity index is 1710. The largest absolute Gasteiger partial charge is 0.455 e. The van der Waals surface area contributed by atoms with Crippen molar-refractivity contribution in [1.82, 2.24) is 15.2 Å². The van der Waals surface area contributed by atoms with Gasteiger partial charge in [-0.25, -0.2) is 10.1 Å². The molecular weight excluding hydrogens is 474 g/mol. The molecule has 37 heavy (non-hydrogen) atoms. The van der Waals surface area contributed by atoms with Crippen LogP contribution < -0.4 is 11.0 Å². The molecule has 0 aliphatic carbocycles. The van der Waals surface area contributed by atoms with Crippen LogP contribution in [0.2, 0.25) is 0 Å². The van der Waals surface area contributed by atoms with E-state index in [-0.39, 0.29) is 23.5 Å². The highest BCUT2D eigenvalue weighted by molar-refractivity contribution is 6.04. The van der Waals surface area contributed by atoms with Crippen molar-refractivity contribution < 1.29 is 14.1 Å². The zero-order chi connectivity index (χ0) is 25.8. The number of hydrogen-bond acceptors (Lipinski definition) is 7. The first-order valence-electron chi connectivity index (χ1n) is 11.2. The summed E-state index contributed by atoms with van der Waals surface area (Å²) in [7, 11) is 0. The minimum atomic E-state index is -0.597. The smallest absolute Gasteiger partial charge is 0.292 e. The molecule has 0 radical (unpaired) electrons. The van der Waals surface area contributed by atoms with Crippen molar-refractivity contribution in [1.29, 1.82) is 0 Å². The van der Waals surface area contributed by atoms with Gasteiger partial charge in [0.1, 0.15) is 11.5 Å². The molecule has 10 nitrogen and oxygen atoms in total. The lowest BCUT2D eigenvalue weighted by molar-refractivity contribution is -0.384. The van der Waals surface area contributed by atoms with Crippen LogP contribution in [0.3, 0.4) is 0 Å². The van der Waals surface area contributed by atoms with Gasteiger partial charge in [-0.1, -0.05) is 60.7 Å². The predicted octanol–water partition coefficient (Wildman–Crippen LogP) is 4.38. The molecule has 0 saturated heterocycles. The van der Waals surface area contributed by atoms with Gasteiger partial charge in [-0.05, 0) is 23.8 Å². The fourth-order valence-electron chi connectivity index (χ4n) is 3.82. The number of non-ortho nitro benzene ring substituents is 1. The highest BCUT2D eigenvalue weighted by Gasteiger charge is 2.17. The molecule has 5 aromatic rings. The number of nitrogens with one attached hydrogen (secondary N) is 1. The Balaban J connectivity index is 1.38. The highest BCUT2D eigenvalue weighted by atomic mass is 16.6. The van der Waals surface area contributed by atoms with Crippen molar-refractivity contribution in [2.75, 3.05) is 0 Å². The number of furan rings is 1. The highest BCUT2D eigenvalue weighted by Crippen LogP contribution is 2.25. The first kappa shape index (κ1) is 23.4. The monoisotopic (exact) mass is 493 g/mol. The SMILES string of the molecule is O=C(N/N=C/c1ccc(-c2cccc([N+](=O)[O-])c2)o1)c1nn(Cc2ccccc2)c(=O)c2ccccc12. The van der Waals surface area contributed by atoms with Crippen molar-refractivity contribution >= 4 is 28.6 Å². The zero-order valence-electron chi connectivity index (χ0n) is 19.3. The van der Waals surface area contributed by atoms with Crippen LogP contribution in [0.1, 0.15) is 21.8 Å². The molecule has 0 unspecified atom stereocenters. The van der Waals surface area contributed by atoms with Crippen molar-refractivity contribution in [3.63, 3.8) is 0 Å². The van der Waals surface area contributed by atoms with E-state index >= 15 is 0 Å². The molecule has 1 N–H and O–H groups in total. The molecule has 10 heteroatoms. The minimum Gasteiger partial charge on any atom is -0.455 e. The van der Waals surface area contributed by atoms with Crippen LogP contribution in [0, 0.1) is 10.1 Å². The average Bonchev–Trinajstić information content (AvgIpc) is 3.40. The van der Waals surface area contributed by atoms with Gasteiger partial charge in [0.25, 0.3) is 17.2 Å². The van der Waals surface area contributed by atoms with E-state index in [2.05, 4.69) is 15.6 Å². The summed E-state index contributed by atoms with van der Waals surface area (Å²) in [4.78, 5) is 36.5. The Kier molecular flexibility index (Phi) is 6.37. The molecule has 1 amide bonds. The molecule has 5 rings (SSSR count). The van der Waals surface area contributed by atoms with Crippen LogP contribution in [-0.2, 0) is 6.54 Å². The standard InChI is InChI=1S/C27H19N5O5/c33-26(29-28-16-21-13-14-24(37-21)19-9-6-10-20(15-19)32(35)36)25-22-11-4-5-12-23(22)27(34)31(30-25)17-18-7-2-1-3-8-18/h1-16H,17H2,(H,29,33)/b28-16+. The number of benzene rings is 3. The number of aromatic nitrogens is 2. The maximum absolute atomic E-state index is 13.0.